The summed E-state index contributed by atoms with van der Waals surface area (Å²) in [6.07, 6.45) is 73.6. The summed E-state index contributed by atoms with van der Waals surface area (Å²) in [5, 5.41) is 0. The standard InChI is InChI=1S/C61H100O6/c1-4-7-10-13-16-19-22-25-27-29-30-32-33-36-39-42-45-48-51-54-60(63)66-57-58(56-65-59(62)53-50-47-44-41-38-35-24-21-18-15-12-9-6-3)67-61(64)55-52-49-46-43-40-37-34-31-28-26-23-20-17-14-11-8-5-2/h8,11,16-17,19-20,25-28,30,32,34,36-37,39,43,46,58H,4-7,9-10,12-15,18,21-24,29,31,33,35,38,40-42,44-45,47-57H2,1-3H3/b11-8-,19-16-,20-17-,27-25-,28-26-,32-30-,37-34-,39-36-,46-43-/t58-/m0/s1. The number of hydrogen-bond acceptors (Lipinski definition) is 6. The van der Waals surface area contributed by atoms with E-state index in [0.717, 1.165) is 103 Å². The van der Waals surface area contributed by atoms with Crippen molar-refractivity contribution < 1.29 is 28.6 Å². The largest absolute Gasteiger partial charge is 0.462 e. The molecule has 0 fully saturated rings. The van der Waals surface area contributed by atoms with Crippen LogP contribution in [0, 0.1) is 0 Å². The van der Waals surface area contributed by atoms with E-state index in [1.54, 1.807) is 0 Å². The molecule has 0 saturated heterocycles. The van der Waals surface area contributed by atoms with E-state index in [9.17, 15) is 14.4 Å². The fourth-order valence-electron chi connectivity index (χ4n) is 7.17. The summed E-state index contributed by atoms with van der Waals surface area (Å²) in [4.78, 5) is 38.0. The second-order valence-electron chi connectivity index (χ2n) is 17.8. The number of allylic oxidation sites excluding steroid dienone is 18. The van der Waals surface area contributed by atoms with Crippen molar-refractivity contribution in [3.63, 3.8) is 0 Å². The van der Waals surface area contributed by atoms with E-state index < -0.39 is 6.10 Å². The van der Waals surface area contributed by atoms with Gasteiger partial charge in [0.1, 0.15) is 13.2 Å². The van der Waals surface area contributed by atoms with Gasteiger partial charge < -0.3 is 14.2 Å². The molecule has 0 rings (SSSR count). The van der Waals surface area contributed by atoms with Crippen LogP contribution in [0.2, 0.25) is 0 Å². The Morgan fingerprint density at radius 2 is 0.597 bits per heavy atom. The quantitative estimate of drug-likeness (QED) is 0.0262. The van der Waals surface area contributed by atoms with Gasteiger partial charge in [0.2, 0.25) is 0 Å². The zero-order valence-corrected chi connectivity index (χ0v) is 43.4. The van der Waals surface area contributed by atoms with Gasteiger partial charge in [-0.15, -0.1) is 0 Å². The Balaban J connectivity index is 4.54. The molecule has 67 heavy (non-hydrogen) atoms. The number of unbranched alkanes of at least 4 members (excludes halogenated alkanes) is 19. The minimum atomic E-state index is -0.821. The van der Waals surface area contributed by atoms with Gasteiger partial charge in [-0.2, -0.15) is 0 Å². The van der Waals surface area contributed by atoms with Crippen LogP contribution >= 0.6 is 0 Å². The van der Waals surface area contributed by atoms with Crippen molar-refractivity contribution in [2.24, 2.45) is 0 Å². The second kappa shape index (κ2) is 54.7. The molecule has 0 aliphatic rings. The number of hydrogen-bond donors (Lipinski definition) is 0. The van der Waals surface area contributed by atoms with Crippen molar-refractivity contribution in [1.29, 1.82) is 0 Å². The van der Waals surface area contributed by atoms with Crippen molar-refractivity contribution in [3.8, 4) is 0 Å². The van der Waals surface area contributed by atoms with Gasteiger partial charge in [-0.3, -0.25) is 14.4 Å². The summed E-state index contributed by atoms with van der Waals surface area (Å²) >= 11 is 0. The summed E-state index contributed by atoms with van der Waals surface area (Å²) in [5.41, 5.74) is 0. The predicted octanol–water partition coefficient (Wildman–Crippen LogP) is 18.3. The lowest BCUT2D eigenvalue weighted by atomic mass is 10.0. The molecule has 0 unspecified atom stereocenters. The van der Waals surface area contributed by atoms with E-state index >= 15 is 0 Å². The van der Waals surface area contributed by atoms with Gasteiger partial charge in [0.05, 0.1) is 0 Å². The molecule has 0 spiro atoms. The van der Waals surface area contributed by atoms with Crippen LogP contribution in [0.15, 0.2) is 109 Å². The number of ether oxygens (including phenoxy) is 3. The van der Waals surface area contributed by atoms with Crippen LogP contribution in [0.4, 0.5) is 0 Å². The molecule has 0 aliphatic carbocycles. The number of esters is 3. The van der Waals surface area contributed by atoms with Crippen LogP contribution in [0.3, 0.4) is 0 Å². The molecule has 380 valence electrons. The van der Waals surface area contributed by atoms with Crippen LogP contribution in [-0.4, -0.2) is 37.2 Å². The van der Waals surface area contributed by atoms with Gasteiger partial charge in [-0.05, 0) is 103 Å². The van der Waals surface area contributed by atoms with Crippen LogP contribution in [0.5, 0.6) is 0 Å². The highest BCUT2D eigenvalue weighted by molar-refractivity contribution is 5.71. The zero-order chi connectivity index (χ0) is 48.6. The second-order valence-corrected chi connectivity index (χ2v) is 17.8. The third-order valence-electron chi connectivity index (χ3n) is 11.3. The van der Waals surface area contributed by atoms with Crippen LogP contribution in [0.25, 0.3) is 0 Å². The van der Waals surface area contributed by atoms with Gasteiger partial charge in [0.15, 0.2) is 6.10 Å². The van der Waals surface area contributed by atoms with Crippen LogP contribution in [0.1, 0.15) is 239 Å². The molecule has 0 heterocycles. The first-order chi connectivity index (χ1) is 33.0. The van der Waals surface area contributed by atoms with E-state index in [4.69, 9.17) is 14.2 Å². The molecule has 0 saturated carbocycles. The normalized spacial score (nSPS) is 12.9. The zero-order valence-electron chi connectivity index (χ0n) is 43.4. The Hall–Kier alpha value is -3.93. The van der Waals surface area contributed by atoms with Crippen molar-refractivity contribution in [2.75, 3.05) is 13.2 Å². The van der Waals surface area contributed by atoms with E-state index in [0.29, 0.717) is 19.3 Å². The van der Waals surface area contributed by atoms with Gasteiger partial charge in [0, 0.05) is 19.3 Å². The maximum atomic E-state index is 12.8. The number of rotatable bonds is 48. The van der Waals surface area contributed by atoms with E-state index in [2.05, 4.69) is 130 Å². The highest BCUT2D eigenvalue weighted by Gasteiger charge is 2.19. The van der Waals surface area contributed by atoms with Crippen LogP contribution < -0.4 is 0 Å². The molecule has 6 nitrogen and oxygen atoms in total. The van der Waals surface area contributed by atoms with E-state index in [1.807, 2.05) is 0 Å². The van der Waals surface area contributed by atoms with Crippen LogP contribution in [-0.2, 0) is 28.6 Å². The molecule has 0 bridgehead atoms. The molecule has 0 N–H and O–H groups in total. The molecule has 0 amide bonds. The first-order valence-electron chi connectivity index (χ1n) is 27.4. The minimum absolute atomic E-state index is 0.111. The highest BCUT2D eigenvalue weighted by atomic mass is 16.6. The summed E-state index contributed by atoms with van der Waals surface area (Å²) in [5.74, 6) is -1.00. The molecule has 0 aromatic carbocycles. The third kappa shape index (κ3) is 52.9. The summed E-state index contributed by atoms with van der Waals surface area (Å²) in [6, 6.07) is 0. The van der Waals surface area contributed by atoms with E-state index in [-0.39, 0.29) is 37.5 Å². The van der Waals surface area contributed by atoms with Gasteiger partial charge in [0.25, 0.3) is 0 Å². The lowest BCUT2D eigenvalue weighted by Crippen LogP contribution is -2.30. The molecular formula is C61H100O6. The minimum Gasteiger partial charge on any atom is -0.462 e. The maximum Gasteiger partial charge on any atom is 0.306 e. The van der Waals surface area contributed by atoms with Crippen molar-refractivity contribution in [1.82, 2.24) is 0 Å². The Morgan fingerprint density at radius 3 is 0.985 bits per heavy atom. The summed E-state index contributed by atoms with van der Waals surface area (Å²) in [7, 11) is 0. The topological polar surface area (TPSA) is 78.9 Å². The Morgan fingerprint density at radius 1 is 0.313 bits per heavy atom. The molecule has 0 aliphatic heterocycles. The van der Waals surface area contributed by atoms with Gasteiger partial charge in [-0.25, -0.2) is 0 Å². The Kier molecular flexibility index (Phi) is 51.5. The first-order valence-corrected chi connectivity index (χ1v) is 27.4. The molecule has 0 aromatic rings. The SMILES string of the molecule is CC/C=C\C/C=C\C/C=C\C/C=C\C/C=C\CCCC(=O)O[C@H](COC(=O)CCCCC/C=C\C/C=C\C/C=C\C/C=C\CCCCC)COC(=O)CCCCCCCCCCCCCCC. The molecule has 0 radical (unpaired) electrons. The Bertz CT molecular complexity index is 1390. The number of carbonyl (C=O) groups excluding carboxylic acids is 3. The fourth-order valence-corrected chi connectivity index (χ4v) is 7.17. The van der Waals surface area contributed by atoms with Crippen molar-refractivity contribution in [2.45, 2.75) is 245 Å². The van der Waals surface area contributed by atoms with Gasteiger partial charge >= 0.3 is 17.9 Å². The average molecular weight is 929 g/mol. The predicted molar refractivity (Wildman–Crippen MR) is 288 cm³/mol. The molecule has 1 atom stereocenters. The first kappa shape index (κ1) is 63.1. The lowest BCUT2D eigenvalue weighted by Gasteiger charge is -2.18. The Labute approximate surface area is 412 Å². The third-order valence-corrected chi connectivity index (χ3v) is 11.3. The maximum absolute atomic E-state index is 12.8. The highest BCUT2D eigenvalue weighted by Crippen LogP contribution is 2.14. The average Bonchev–Trinajstić information content (AvgIpc) is 3.33. The number of carbonyl (C=O) groups is 3. The molecular weight excluding hydrogens is 829 g/mol. The van der Waals surface area contributed by atoms with Gasteiger partial charge in [-0.1, -0.05) is 226 Å². The molecule has 0 aromatic heterocycles. The fraction of sp³-hybridized carbons (Fsp3) is 0.656. The molecule has 6 heteroatoms. The monoisotopic (exact) mass is 929 g/mol. The summed E-state index contributed by atoms with van der Waals surface area (Å²) in [6.45, 7) is 6.42. The summed E-state index contributed by atoms with van der Waals surface area (Å²) < 4.78 is 16.8. The lowest BCUT2D eigenvalue weighted by molar-refractivity contribution is -0.167. The van der Waals surface area contributed by atoms with Crippen molar-refractivity contribution >= 4 is 17.9 Å². The van der Waals surface area contributed by atoms with E-state index in [1.165, 1.54) is 89.9 Å². The smallest absolute Gasteiger partial charge is 0.306 e. The van der Waals surface area contributed by atoms with Crippen molar-refractivity contribution in [3.05, 3.63) is 109 Å².